The third-order valence-electron chi connectivity index (χ3n) is 2.70. The van der Waals surface area contributed by atoms with Crippen LogP contribution < -0.4 is 5.32 Å². The van der Waals surface area contributed by atoms with E-state index in [1.54, 1.807) is 19.2 Å². The minimum Gasteiger partial charge on any atom is -0.306 e. The Morgan fingerprint density at radius 2 is 2.05 bits per heavy atom. The number of amides is 1. The average molecular weight is 415 g/mol. The summed E-state index contributed by atoms with van der Waals surface area (Å²) < 4.78 is 1.41. The largest absolute Gasteiger partial charge is 0.306 e. The quantitative estimate of drug-likeness (QED) is 0.605. The van der Waals surface area contributed by atoms with Gasteiger partial charge in [-0.1, -0.05) is 0 Å². The van der Waals surface area contributed by atoms with Crippen molar-refractivity contribution in [3.63, 3.8) is 0 Å². The van der Waals surface area contributed by atoms with Crippen molar-refractivity contribution < 1.29 is 9.72 Å². The molecule has 0 aliphatic heterocycles. The molecule has 0 atom stereocenters. The zero-order valence-electron chi connectivity index (χ0n) is 10.8. The lowest BCUT2D eigenvalue weighted by Gasteiger charge is -2.07. The van der Waals surface area contributed by atoms with Crippen LogP contribution >= 0.6 is 31.9 Å². The highest BCUT2D eigenvalue weighted by Crippen LogP contribution is 2.24. The number of hydrogen-bond acceptors (Lipinski definition) is 4. The number of nitro benzene ring substituents is 1. The van der Waals surface area contributed by atoms with Crippen molar-refractivity contribution in [1.29, 1.82) is 0 Å². The molecule has 0 fully saturated rings. The van der Waals surface area contributed by atoms with Crippen molar-refractivity contribution in [2.75, 3.05) is 5.32 Å². The minimum absolute atomic E-state index is 0.0190. The lowest BCUT2D eigenvalue weighted by Crippen LogP contribution is -2.13. The fourth-order valence-corrected chi connectivity index (χ4v) is 2.77. The van der Waals surface area contributed by atoms with Gasteiger partial charge < -0.3 is 5.32 Å². The van der Waals surface area contributed by atoms with E-state index in [4.69, 9.17) is 0 Å². The van der Waals surface area contributed by atoms with Crippen molar-refractivity contribution >= 4 is 49.3 Å². The molecule has 108 valence electrons. The van der Waals surface area contributed by atoms with Gasteiger partial charge in [0.15, 0.2) is 0 Å². The van der Waals surface area contributed by atoms with E-state index in [9.17, 15) is 14.9 Å². The van der Waals surface area contributed by atoms with Gasteiger partial charge >= 0.3 is 0 Å². The van der Waals surface area contributed by atoms with Gasteiger partial charge in [0, 0.05) is 27.9 Å². The van der Waals surface area contributed by atoms with Gasteiger partial charge in [0.05, 0.1) is 9.40 Å². The summed E-state index contributed by atoms with van der Waals surface area (Å²) in [6, 6.07) is 5.95. The van der Waals surface area contributed by atoms with Crippen LogP contribution in [0, 0.1) is 17.0 Å². The molecule has 0 bridgehead atoms. The van der Waals surface area contributed by atoms with Crippen LogP contribution in [0.15, 0.2) is 39.4 Å². The number of nitrogens with one attached hydrogen (secondary N) is 1. The summed E-state index contributed by atoms with van der Waals surface area (Å²) in [5, 5.41) is 13.4. The molecule has 0 aliphatic rings. The van der Waals surface area contributed by atoms with Gasteiger partial charge in [-0.3, -0.25) is 14.9 Å². The van der Waals surface area contributed by atoms with E-state index in [1.807, 2.05) is 0 Å². The minimum atomic E-state index is -0.482. The smallest absolute Gasteiger partial charge is 0.272 e. The normalized spacial score (nSPS) is 10.2. The molecule has 1 aromatic carbocycles. The van der Waals surface area contributed by atoms with Gasteiger partial charge in [0.1, 0.15) is 5.82 Å². The number of hydrogen-bond donors (Lipinski definition) is 1. The van der Waals surface area contributed by atoms with Crippen LogP contribution in [0.25, 0.3) is 0 Å². The van der Waals surface area contributed by atoms with Crippen LogP contribution in [0.2, 0.25) is 0 Å². The van der Waals surface area contributed by atoms with Crippen LogP contribution in [0.1, 0.15) is 15.9 Å². The van der Waals surface area contributed by atoms with Crippen LogP contribution in [-0.4, -0.2) is 15.8 Å². The fourth-order valence-electron chi connectivity index (χ4n) is 1.69. The zero-order valence-corrected chi connectivity index (χ0v) is 13.9. The number of carbonyl (C=O) groups is 1. The molecule has 0 saturated carbocycles. The lowest BCUT2D eigenvalue weighted by atomic mass is 10.1. The molecule has 6 nitrogen and oxygen atoms in total. The number of carbonyl (C=O) groups excluding carboxylic acids is 1. The van der Waals surface area contributed by atoms with Gasteiger partial charge in [0.25, 0.3) is 11.6 Å². The standard InChI is InChI=1S/C13H9Br2N3O3/c1-7-4-8(2-3-11(7)18(20)21)13(19)17-12-10(15)5-9(14)6-16-12/h2-6H,1H3,(H,16,17,19). The van der Waals surface area contributed by atoms with Crippen molar-refractivity contribution in [3.8, 4) is 0 Å². The van der Waals surface area contributed by atoms with Crippen LogP contribution in [0.4, 0.5) is 11.5 Å². The maximum absolute atomic E-state index is 12.1. The van der Waals surface area contributed by atoms with Gasteiger partial charge in [-0.2, -0.15) is 0 Å². The van der Waals surface area contributed by atoms with Gasteiger partial charge in [-0.25, -0.2) is 4.98 Å². The summed E-state index contributed by atoms with van der Waals surface area (Å²) in [7, 11) is 0. The van der Waals surface area contributed by atoms with E-state index < -0.39 is 4.92 Å². The van der Waals surface area contributed by atoms with E-state index in [2.05, 4.69) is 42.2 Å². The zero-order chi connectivity index (χ0) is 15.6. The van der Waals surface area contributed by atoms with Crippen LogP contribution in [-0.2, 0) is 0 Å². The Morgan fingerprint density at radius 1 is 1.33 bits per heavy atom. The summed E-state index contributed by atoms with van der Waals surface area (Å²) in [4.78, 5) is 26.5. The van der Waals surface area contributed by atoms with E-state index in [-0.39, 0.29) is 11.6 Å². The summed E-state index contributed by atoms with van der Waals surface area (Å²) >= 11 is 6.57. The number of aryl methyl sites for hydroxylation is 1. The van der Waals surface area contributed by atoms with Crippen LogP contribution in [0.5, 0.6) is 0 Å². The molecule has 2 aromatic rings. The fraction of sp³-hybridized carbons (Fsp3) is 0.0769. The predicted molar refractivity (Wildman–Crippen MR) is 85.4 cm³/mol. The van der Waals surface area contributed by atoms with E-state index in [1.165, 1.54) is 18.2 Å². The van der Waals surface area contributed by atoms with Crippen molar-refractivity contribution in [2.24, 2.45) is 0 Å². The van der Waals surface area contributed by atoms with Crippen molar-refractivity contribution in [3.05, 3.63) is 60.6 Å². The third kappa shape index (κ3) is 3.64. The van der Waals surface area contributed by atoms with E-state index in [0.717, 1.165) is 4.47 Å². The average Bonchev–Trinajstić information content (AvgIpc) is 2.41. The highest BCUT2D eigenvalue weighted by Gasteiger charge is 2.15. The molecular weight excluding hydrogens is 406 g/mol. The SMILES string of the molecule is Cc1cc(C(=O)Nc2ncc(Br)cc2Br)ccc1[N+](=O)[O-]. The number of pyridine rings is 1. The molecule has 0 aliphatic carbocycles. The molecule has 0 spiro atoms. The summed E-state index contributed by atoms with van der Waals surface area (Å²) in [6.07, 6.45) is 1.56. The molecule has 1 amide bonds. The first-order valence-corrected chi connectivity index (χ1v) is 7.34. The molecule has 2 rings (SSSR count). The Morgan fingerprint density at radius 3 is 2.62 bits per heavy atom. The highest BCUT2D eigenvalue weighted by molar-refractivity contribution is 9.11. The number of nitro groups is 1. The first-order valence-electron chi connectivity index (χ1n) is 5.76. The molecule has 0 unspecified atom stereocenters. The molecule has 1 heterocycles. The monoisotopic (exact) mass is 413 g/mol. The Labute approximate surface area is 137 Å². The number of anilines is 1. The van der Waals surface area contributed by atoms with Crippen LogP contribution in [0.3, 0.4) is 0 Å². The molecule has 0 saturated heterocycles. The first-order chi connectivity index (χ1) is 9.88. The van der Waals surface area contributed by atoms with E-state index in [0.29, 0.717) is 21.4 Å². The highest BCUT2D eigenvalue weighted by atomic mass is 79.9. The number of nitrogens with zero attached hydrogens (tertiary/aromatic N) is 2. The molecule has 0 radical (unpaired) electrons. The number of halogens is 2. The van der Waals surface area contributed by atoms with Gasteiger partial charge in [-0.05, 0) is 57.0 Å². The Kier molecular flexibility index (Phi) is 4.69. The van der Waals surface area contributed by atoms with Gasteiger partial charge in [-0.15, -0.1) is 0 Å². The number of aromatic nitrogens is 1. The molecule has 8 heteroatoms. The van der Waals surface area contributed by atoms with E-state index >= 15 is 0 Å². The number of benzene rings is 1. The second kappa shape index (κ2) is 6.31. The number of rotatable bonds is 3. The summed E-state index contributed by atoms with van der Waals surface area (Å²) in [6.45, 7) is 1.59. The van der Waals surface area contributed by atoms with Crippen molar-refractivity contribution in [2.45, 2.75) is 6.92 Å². The molecule has 1 N–H and O–H groups in total. The Balaban J connectivity index is 2.24. The third-order valence-corrected chi connectivity index (χ3v) is 3.73. The topological polar surface area (TPSA) is 85.1 Å². The molecule has 1 aromatic heterocycles. The second-order valence-electron chi connectivity index (χ2n) is 4.20. The molecular formula is C13H9Br2N3O3. The second-order valence-corrected chi connectivity index (χ2v) is 5.97. The maximum Gasteiger partial charge on any atom is 0.272 e. The lowest BCUT2D eigenvalue weighted by molar-refractivity contribution is -0.385. The Hall–Kier alpha value is -1.80. The summed E-state index contributed by atoms with van der Waals surface area (Å²) in [5.74, 6) is -0.0114. The maximum atomic E-state index is 12.1. The van der Waals surface area contributed by atoms with Crippen molar-refractivity contribution in [1.82, 2.24) is 4.98 Å². The summed E-state index contributed by atoms with van der Waals surface area (Å²) in [5.41, 5.74) is 0.736. The predicted octanol–water partition coefficient (Wildman–Crippen LogP) is 4.08. The molecule has 21 heavy (non-hydrogen) atoms. The first kappa shape index (κ1) is 15.6. The van der Waals surface area contributed by atoms with Gasteiger partial charge in [0.2, 0.25) is 0 Å². The Bertz CT molecular complexity index is 735.